The number of halogens is 1. The molecule has 1 N–H and O–H groups in total. The Morgan fingerprint density at radius 2 is 2.03 bits per heavy atom. The Bertz CT molecular complexity index is 1210. The number of hydrogen-bond donors (Lipinski definition) is 1. The van der Waals surface area contributed by atoms with Crippen LogP contribution in [-0.2, 0) is 4.79 Å². The summed E-state index contributed by atoms with van der Waals surface area (Å²) in [5.41, 5.74) is 4.66. The number of fused-ring (bicyclic) bond motifs is 1. The van der Waals surface area contributed by atoms with Crippen molar-refractivity contribution in [3.8, 4) is 5.69 Å². The number of aromatic nitrogens is 4. The third-order valence-corrected chi connectivity index (χ3v) is 5.60. The van der Waals surface area contributed by atoms with Crippen LogP contribution in [0.1, 0.15) is 11.1 Å². The van der Waals surface area contributed by atoms with E-state index in [0.717, 1.165) is 16.6 Å². The van der Waals surface area contributed by atoms with E-state index >= 15 is 0 Å². The fourth-order valence-corrected chi connectivity index (χ4v) is 4.01. The van der Waals surface area contributed by atoms with Crippen LogP contribution in [-0.4, -0.2) is 31.4 Å². The molecule has 6 nitrogen and oxygen atoms in total. The van der Waals surface area contributed by atoms with Gasteiger partial charge in [-0.3, -0.25) is 4.79 Å². The van der Waals surface area contributed by atoms with E-state index < -0.39 is 0 Å². The highest BCUT2D eigenvalue weighted by Gasteiger charge is 2.14. The predicted octanol–water partition coefficient (Wildman–Crippen LogP) is 4.82. The number of carbonyl (C=O) groups is 1. The second-order valence-corrected chi connectivity index (χ2v) is 8.01. The topological polar surface area (TPSA) is 72.7 Å². The van der Waals surface area contributed by atoms with Crippen molar-refractivity contribution >= 4 is 46.0 Å². The van der Waals surface area contributed by atoms with Gasteiger partial charge in [0.15, 0.2) is 5.65 Å². The van der Waals surface area contributed by atoms with Gasteiger partial charge >= 0.3 is 0 Å². The van der Waals surface area contributed by atoms with Crippen LogP contribution in [0.25, 0.3) is 16.7 Å². The molecule has 0 unspecified atom stereocenters. The molecule has 0 fully saturated rings. The molecule has 0 bridgehead atoms. The van der Waals surface area contributed by atoms with Gasteiger partial charge in [0.1, 0.15) is 11.4 Å². The van der Waals surface area contributed by atoms with Gasteiger partial charge in [-0.25, -0.2) is 14.6 Å². The number of thioether (sulfide) groups is 1. The largest absolute Gasteiger partial charge is 0.325 e. The van der Waals surface area contributed by atoms with E-state index in [0.29, 0.717) is 21.4 Å². The standard InChI is InChI=1S/C21H18ClN5OS/c1-13-6-7-18(14(2)8-13)27-20-17(10-25-27)21(24-12-23-20)29-11-19(28)26-16-5-3-4-15(22)9-16/h3-10,12H,11H2,1-2H3,(H,26,28). The minimum Gasteiger partial charge on any atom is -0.325 e. The zero-order chi connectivity index (χ0) is 20.4. The number of rotatable bonds is 5. The van der Waals surface area contributed by atoms with E-state index in [1.807, 2.05) is 23.7 Å². The molecule has 0 spiro atoms. The molecule has 0 radical (unpaired) electrons. The Balaban J connectivity index is 1.54. The van der Waals surface area contributed by atoms with E-state index in [2.05, 4.69) is 33.4 Å². The lowest BCUT2D eigenvalue weighted by atomic mass is 10.1. The minimum absolute atomic E-state index is 0.134. The van der Waals surface area contributed by atoms with Crippen LogP contribution in [0.4, 0.5) is 5.69 Å². The van der Waals surface area contributed by atoms with Crippen molar-refractivity contribution in [2.45, 2.75) is 18.9 Å². The van der Waals surface area contributed by atoms with Gasteiger partial charge in [-0.15, -0.1) is 0 Å². The number of anilines is 1. The van der Waals surface area contributed by atoms with Crippen LogP contribution in [0, 0.1) is 13.8 Å². The molecule has 8 heteroatoms. The molecule has 1 amide bonds. The van der Waals surface area contributed by atoms with Crippen molar-refractivity contribution in [3.05, 3.63) is 71.1 Å². The number of aryl methyl sites for hydroxylation is 2. The Kier molecular flexibility index (Phi) is 5.51. The zero-order valence-corrected chi connectivity index (χ0v) is 17.5. The fraction of sp³-hybridized carbons (Fsp3) is 0.143. The minimum atomic E-state index is -0.134. The van der Waals surface area contributed by atoms with Crippen molar-refractivity contribution in [2.24, 2.45) is 0 Å². The molecule has 4 aromatic rings. The maximum absolute atomic E-state index is 12.3. The van der Waals surface area contributed by atoms with E-state index in [-0.39, 0.29) is 11.7 Å². The molecular weight excluding hydrogens is 406 g/mol. The number of amides is 1. The number of carbonyl (C=O) groups excluding carboxylic acids is 1. The van der Waals surface area contributed by atoms with E-state index in [1.165, 1.54) is 23.7 Å². The second kappa shape index (κ2) is 8.23. The molecule has 0 atom stereocenters. The molecule has 0 saturated heterocycles. The van der Waals surface area contributed by atoms with E-state index in [4.69, 9.17) is 11.6 Å². The summed E-state index contributed by atoms with van der Waals surface area (Å²) in [7, 11) is 0. The summed E-state index contributed by atoms with van der Waals surface area (Å²) < 4.78 is 1.81. The third kappa shape index (κ3) is 4.26. The Morgan fingerprint density at radius 1 is 1.17 bits per heavy atom. The van der Waals surface area contributed by atoms with Gasteiger partial charge < -0.3 is 5.32 Å². The molecule has 0 aliphatic rings. The van der Waals surface area contributed by atoms with E-state index in [1.54, 1.807) is 30.5 Å². The summed E-state index contributed by atoms with van der Waals surface area (Å²) in [5, 5.41) is 9.45. The zero-order valence-electron chi connectivity index (χ0n) is 15.9. The lowest BCUT2D eigenvalue weighted by Gasteiger charge is -2.08. The lowest BCUT2D eigenvalue weighted by molar-refractivity contribution is -0.113. The van der Waals surface area contributed by atoms with Gasteiger partial charge in [0.25, 0.3) is 0 Å². The van der Waals surface area contributed by atoms with Crippen LogP contribution in [0.5, 0.6) is 0 Å². The summed E-state index contributed by atoms with van der Waals surface area (Å²) in [6, 6.07) is 13.3. The summed E-state index contributed by atoms with van der Waals surface area (Å²) in [6.45, 7) is 4.11. The second-order valence-electron chi connectivity index (χ2n) is 6.61. The smallest absolute Gasteiger partial charge is 0.234 e. The van der Waals surface area contributed by atoms with Crippen LogP contribution < -0.4 is 5.32 Å². The van der Waals surface area contributed by atoms with Gasteiger partial charge in [0.2, 0.25) is 5.91 Å². The first-order valence-electron chi connectivity index (χ1n) is 8.96. The first-order valence-corrected chi connectivity index (χ1v) is 10.3. The predicted molar refractivity (Wildman–Crippen MR) is 117 cm³/mol. The molecule has 4 rings (SSSR count). The number of nitrogens with one attached hydrogen (secondary N) is 1. The molecular formula is C21H18ClN5OS. The molecule has 146 valence electrons. The van der Waals surface area contributed by atoms with Crippen molar-refractivity contribution in [2.75, 3.05) is 11.1 Å². The van der Waals surface area contributed by atoms with Crippen molar-refractivity contribution in [1.82, 2.24) is 19.7 Å². The Labute approximate surface area is 177 Å². The maximum atomic E-state index is 12.3. The average molecular weight is 424 g/mol. The average Bonchev–Trinajstić information content (AvgIpc) is 3.11. The first kappa shape index (κ1) is 19.4. The molecule has 0 aliphatic heterocycles. The van der Waals surface area contributed by atoms with Gasteiger partial charge in [0, 0.05) is 10.7 Å². The first-order chi connectivity index (χ1) is 14.0. The highest BCUT2D eigenvalue weighted by Crippen LogP contribution is 2.27. The van der Waals surface area contributed by atoms with Gasteiger partial charge in [-0.05, 0) is 43.7 Å². The third-order valence-electron chi connectivity index (χ3n) is 4.36. The highest BCUT2D eigenvalue weighted by atomic mass is 35.5. The Hall–Kier alpha value is -2.90. The molecule has 2 heterocycles. The summed E-state index contributed by atoms with van der Waals surface area (Å²) in [4.78, 5) is 21.0. The number of hydrogen-bond acceptors (Lipinski definition) is 5. The number of nitrogens with zero attached hydrogens (tertiary/aromatic N) is 4. The van der Waals surface area contributed by atoms with E-state index in [9.17, 15) is 4.79 Å². The van der Waals surface area contributed by atoms with Crippen molar-refractivity contribution in [1.29, 1.82) is 0 Å². The quantitative estimate of drug-likeness (QED) is 0.368. The number of benzene rings is 2. The monoisotopic (exact) mass is 423 g/mol. The normalized spacial score (nSPS) is 11.0. The summed E-state index contributed by atoms with van der Waals surface area (Å²) in [5.74, 6) is 0.0821. The maximum Gasteiger partial charge on any atom is 0.234 e. The van der Waals surface area contributed by atoms with Crippen LogP contribution in [0.3, 0.4) is 0 Å². The van der Waals surface area contributed by atoms with Crippen molar-refractivity contribution < 1.29 is 4.79 Å². The summed E-state index contributed by atoms with van der Waals surface area (Å²) >= 11 is 7.30. The lowest BCUT2D eigenvalue weighted by Crippen LogP contribution is -2.14. The molecule has 2 aromatic heterocycles. The summed E-state index contributed by atoms with van der Waals surface area (Å²) in [6.07, 6.45) is 3.24. The van der Waals surface area contributed by atoms with Crippen molar-refractivity contribution in [3.63, 3.8) is 0 Å². The highest BCUT2D eigenvalue weighted by molar-refractivity contribution is 8.00. The van der Waals surface area contributed by atoms with Crippen LogP contribution in [0.15, 0.2) is 60.0 Å². The molecule has 29 heavy (non-hydrogen) atoms. The van der Waals surface area contributed by atoms with Crippen LogP contribution >= 0.6 is 23.4 Å². The molecule has 0 saturated carbocycles. The van der Waals surface area contributed by atoms with Gasteiger partial charge in [0.05, 0.1) is 23.0 Å². The fourth-order valence-electron chi connectivity index (χ4n) is 3.05. The molecule has 2 aromatic carbocycles. The molecule has 0 aliphatic carbocycles. The van der Waals surface area contributed by atoms with Crippen LogP contribution in [0.2, 0.25) is 5.02 Å². The SMILES string of the molecule is Cc1ccc(-n2ncc3c(SCC(=O)Nc4cccc(Cl)c4)ncnc32)c(C)c1. The Morgan fingerprint density at radius 3 is 2.83 bits per heavy atom. The van der Waals surface area contributed by atoms with Gasteiger partial charge in [-0.2, -0.15) is 5.10 Å². The van der Waals surface area contributed by atoms with Gasteiger partial charge in [-0.1, -0.05) is 47.1 Å².